The van der Waals surface area contributed by atoms with Crippen LogP contribution in [-0.4, -0.2) is 20.9 Å². The van der Waals surface area contributed by atoms with Crippen LogP contribution < -0.4 is 10.0 Å². The Hall–Kier alpha value is -2.62. The largest absolute Gasteiger partial charge is 0.322 e. The van der Waals surface area contributed by atoms with E-state index in [0.29, 0.717) is 5.69 Å². The molecule has 0 aliphatic carbocycles. The summed E-state index contributed by atoms with van der Waals surface area (Å²) in [6.07, 6.45) is 8.34. The van der Waals surface area contributed by atoms with Crippen molar-refractivity contribution in [2.45, 2.75) is 31.1 Å². The number of nitrogens with one attached hydrogen (secondary N) is 2. The second-order valence-electron chi connectivity index (χ2n) is 5.81. The summed E-state index contributed by atoms with van der Waals surface area (Å²) in [6, 6.07) is 13.5. The SMILES string of the molecule is C#CCNS(=O)(=O)c1cccc(C(=O)Nc2ccc(CCCC)cc2)c1. The van der Waals surface area contributed by atoms with Crippen LogP contribution in [0, 0.1) is 12.3 Å². The fourth-order valence-electron chi connectivity index (χ4n) is 2.36. The molecule has 0 unspecified atom stereocenters. The van der Waals surface area contributed by atoms with Crippen molar-refractivity contribution >= 4 is 21.6 Å². The van der Waals surface area contributed by atoms with Crippen LogP contribution in [0.3, 0.4) is 0 Å². The number of aryl methyl sites for hydroxylation is 1. The summed E-state index contributed by atoms with van der Waals surface area (Å²) >= 11 is 0. The zero-order valence-corrected chi connectivity index (χ0v) is 15.5. The zero-order valence-electron chi connectivity index (χ0n) is 14.7. The third-order valence-corrected chi connectivity index (χ3v) is 5.20. The number of terminal acetylenes is 1. The highest BCUT2D eigenvalue weighted by atomic mass is 32.2. The van der Waals surface area contributed by atoms with Gasteiger partial charge in [-0.25, -0.2) is 8.42 Å². The predicted molar refractivity (Wildman–Crippen MR) is 103 cm³/mol. The Morgan fingerprint density at radius 2 is 1.88 bits per heavy atom. The van der Waals surface area contributed by atoms with E-state index in [1.807, 2.05) is 24.3 Å². The molecule has 2 aromatic carbocycles. The second kappa shape index (κ2) is 9.18. The van der Waals surface area contributed by atoms with Crippen LogP contribution >= 0.6 is 0 Å². The summed E-state index contributed by atoms with van der Waals surface area (Å²) in [5, 5.41) is 2.78. The van der Waals surface area contributed by atoms with Gasteiger partial charge in [0.15, 0.2) is 0 Å². The maximum atomic E-state index is 12.4. The smallest absolute Gasteiger partial charge is 0.255 e. The number of carbonyl (C=O) groups excluding carboxylic acids is 1. The summed E-state index contributed by atoms with van der Waals surface area (Å²) in [5.41, 5.74) is 2.13. The van der Waals surface area contributed by atoms with E-state index in [0.717, 1.165) is 19.3 Å². The fraction of sp³-hybridized carbons (Fsp3) is 0.250. The minimum atomic E-state index is -3.74. The van der Waals surface area contributed by atoms with Gasteiger partial charge in [-0.2, -0.15) is 4.72 Å². The van der Waals surface area contributed by atoms with Crippen LogP contribution in [0.4, 0.5) is 5.69 Å². The molecule has 0 aliphatic heterocycles. The summed E-state index contributed by atoms with van der Waals surface area (Å²) in [4.78, 5) is 12.4. The maximum Gasteiger partial charge on any atom is 0.255 e. The van der Waals surface area contributed by atoms with Crippen LogP contribution in [0.15, 0.2) is 53.4 Å². The Kier molecular flexibility index (Phi) is 6.96. The van der Waals surface area contributed by atoms with Gasteiger partial charge < -0.3 is 5.32 Å². The average molecular weight is 370 g/mol. The van der Waals surface area contributed by atoms with E-state index in [-0.39, 0.29) is 22.9 Å². The molecule has 0 spiro atoms. The lowest BCUT2D eigenvalue weighted by Gasteiger charge is -2.09. The van der Waals surface area contributed by atoms with Gasteiger partial charge in [0.05, 0.1) is 11.4 Å². The van der Waals surface area contributed by atoms with Crippen LogP contribution in [0.1, 0.15) is 35.7 Å². The first kappa shape index (κ1) is 19.7. The van der Waals surface area contributed by atoms with Gasteiger partial charge in [-0.05, 0) is 48.7 Å². The number of amides is 1. The quantitative estimate of drug-likeness (QED) is 0.701. The van der Waals surface area contributed by atoms with E-state index in [1.165, 1.54) is 23.8 Å². The maximum absolute atomic E-state index is 12.4. The molecular formula is C20H22N2O3S. The van der Waals surface area contributed by atoms with Crippen molar-refractivity contribution in [2.24, 2.45) is 0 Å². The van der Waals surface area contributed by atoms with Gasteiger partial charge in [-0.3, -0.25) is 4.79 Å². The Morgan fingerprint density at radius 3 is 2.54 bits per heavy atom. The molecule has 136 valence electrons. The monoisotopic (exact) mass is 370 g/mol. The molecule has 26 heavy (non-hydrogen) atoms. The molecule has 0 fully saturated rings. The highest BCUT2D eigenvalue weighted by Crippen LogP contribution is 2.15. The van der Waals surface area contributed by atoms with Crippen molar-refractivity contribution in [1.29, 1.82) is 0 Å². The third kappa shape index (κ3) is 5.45. The summed E-state index contributed by atoms with van der Waals surface area (Å²) in [6.45, 7) is 2.04. The molecule has 0 bridgehead atoms. The molecular weight excluding hydrogens is 348 g/mol. The van der Waals surface area contributed by atoms with Gasteiger partial charge >= 0.3 is 0 Å². The van der Waals surface area contributed by atoms with Crippen molar-refractivity contribution in [3.05, 3.63) is 59.7 Å². The molecule has 0 heterocycles. The Bertz CT molecular complexity index is 897. The third-order valence-electron chi connectivity index (χ3n) is 3.80. The van der Waals surface area contributed by atoms with Gasteiger partial charge in [-0.1, -0.05) is 37.5 Å². The topological polar surface area (TPSA) is 75.3 Å². The highest BCUT2D eigenvalue weighted by Gasteiger charge is 2.15. The lowest BCUT2D eigenvalue weighted by Crippen LogP contribution is -2.24. The van der Waals surface area contributed by atoms with Gasteiger partial charge in [0, 0.05) is 11.3 Å². The molecule has 5 nitrogen and oxygen atoms in total. The number of unbranched alkanes of at least 4 members (excludes halogenated alkanes) is 1. The van der Waals surface area contributed by atoms with Crippen LogP contribution in [0.25, 0.3) is 0 Å². The number of hydrogen-bond donors (Lipinski definition) is 2. The Labute approximate surface area is 154 Å². The van der Waals surface area contributed by atoms with E-state index in [9.17, 15) is 13.2 Å². The number of anilines is 1. The van der Waals surface area contributed by atoms with E-state index in [2.05, 4.69) is 22.9 Å². The lowest BCUT2D eigenvalue weighted by molar-refractivity contribution is 0.102. The zero-order chi connectivity index (χ0) is 19.0. The van der Waals surface area contributed by atoms with Crippen molar-refractivity contribution in [3.8, 4) is 12.3 Å². The standard InChI is InChI=1S/C20H22N2O3S/c1-3-5-7-16-10-12-18(13-11-16)22-20(23)17-8-6-9-19(15-17)26(24,25)21-14-4-2/h2,6,8-13,15,21H,3,5,7,14H2,1H3,(H,22,23). The number of sulfonamides is 1. The number of carbonyl (C=O) groups is 1. The van der Waals surface area contributed by atoms with E-state index in [1.54, 1.807) is 6.07 Å². The normalized spacial score (nSPS) is 10.9. The second-order valence-corrected chi connectivity index (χ2v) is 7.58. The van der Waals surface area contributed by atoms with Crippen LogP contribution in [0.2, 0.25) is 0 Å². The molecule has 0 aliphatic rings. The minimum absolute atomic E-state index is 0.00434. The molecule has 2 aromatic rings. The molecule has 2 N–H and O–H groups in total. The van der Waals surface area contributed by atoms with Crippen molar-refractivity contribution in [1.82, 2.24) is 4.72 Å². The lowest BCUT2D eigenvalue weighted by atomic mass is 10.1. The molecule has 0 aromatic heterocycles. The summed E-state index contributed by atoms with van der Waals surface area (Å²) < 4.78 is 26.5. The predicted octanol–water partition coefficient (Wildman–Crippen LogP) is 3.19. The molecule has 0 saturated carbocycles. The first-order valence-corrected chi connectivity index (χ1v) is 9.88. The van der Waals surface area contributed by atoms with Gasteiger partial charge in [0.2, 0.25) is 10.0 Å². The Morgan fingerprint density at radius 1 is 1.15 bits per heavy atom. The first-order valence-electron chi connectivity index (χ1n) is 8.39. The molecule has 0 atom stereocenters. The number of benzene rings is 2. The molecule has 2 rings (SSSR count). The van der Waals surface area contributed by atoms with Crippen LogP contribution in [0.5, 0.6) is 0 Å². The van der Waals surface area contributed by atoms with Gasteiger partial charge in [0.1, 0.15) is 0 Å². The first-order chi connectivity index (χ1) is 12.5. The molecule has 0 saturated heterocycles. The van der Waals surface area contributed by atoms with Gasteiger partial charge in [0.25, 0.3) is 5.91 Å². The fourth-order valence-corrected chi connectivity index (χ4v) is 3.34. The summed E-state index contributed by atoms with van der Waals surface area (Å²) in [5.74, 6) is 1.84. The average Bonchev–Trinajstić information content (AvgIpc) is 2.66. The molecule has 6 heteroatoms. The van der Waals surface area contributed by atoms with Crippen LogP contribution in [-0.2, 0) is 16.4 Å². The van der Waals surface area contributed by atoms with Crippen molar-refractivity contribution in [3.63, 3.8) is 0 Å². The van der Waals surface area contributed by atoms with Gasteiger partial charge in [-0.15, -0.1) is 6.42 Å². The Balaban J connectivity index is 2.10. The number of rotatable bonds is 8. The minimum Gasteiger partial charge on any atom is -0.322 e. The van der Waals surface area contributed by atoms with E-state index < -0.39 is 10.0 Å². The molecule has 0 radical (unpaired) electrons. The molecule has 1 amide bonds. The van der Waals surface area contributed by atoms with Crippen molar-refractivity contribution < 1.29 is 13.2 Å². The highest BCUT2D eigenvalue weighted by molar-refractivity contribution is 7.89. The summed E-state index contributed by atoms with van der Waals surface area (Å²) in [7, 11) is -3.74. The van der Waals surface area contributed by atoms with E-state index in [4.69, 9.17) is 6.42 Å². The number of hydrogen-bond acceptors (Lipinski definition) is 3. The van der Waals surface area contributed by atoms with Crippen molar-refractivity contribution in [2.75, 3.05) is 11.9 Å². The van der Waals surface area contributed by atoms with E-state index >= 15 is 0 Å².